The van der Waals surface area contributed by atoms with Gasteiger partial charge in [-0.25, -0.2) is 4.98 Å². The van der Waals surface area contributed by atoms with Crippen LogP contribution in [0.5, 0.6) is 0 Å². The van der Waals surface area contributed by atoms with Gasteiger partial charge >= 0.3 is 0 Å². The highest BCUT2D eigenvalue weighted by atomic mass is 16.3. The Morgan fingerprint density at radius 3 is 2.94 bits per heavy atom. The SMILES string of the molecule is Bc1ccc2oc3cccnc3c(=O)c2c1. The third kappa shape index (κ3) is 1.23. The minimum Gasteiger partial charge on any atom is -0.454 e. The Labute approximate surface area is 92.1 Å². The molecule has 4 heteroatoms. The molecule has 0 bridgehead atoms. The van der Waals surface area contributed by atoms with Gasteiger partial charge in [0, 0.05) is 6.20 Å². The first kappa shape index (κ1) is 9.15. The van der Waals surface area contributed by atoms with Crippen LogP contribution in [-0.2, 0) is 0 Å². The normalized spacial score (nSPS) is 11.0. The molecule has 2 aromatic heterocycles. The van der Waals surface area contributed by atoms with E-state index < -0.39 is 0 Å². The van der Waals surface area contributed by atoms with Crippen LogP contribution in [0, 0.1) is 0 Å². The van der Waals surface area contributed by atoms with E-state index in [4.69, 9.17) is 4.42 Å². The largest absolute Gasteiger partial charge is 0.454 e. The Morgan fingerprint density at radius 2 is 2.06 bits per heavy atom. The molecule has 3 aromatic rings. The number of hydrogen-bond donors (Lipinski definition) is 0. The predicted molar refractivity (Wildman–Crippen MR) is 66.0 cm³/mol. The first-order chi connectivity index (χ1) is 7.75. The molecule has 0 saturated heterocycles. The molecule has 0 aliphatic rings. The van der Waals surface area contributed by atoms with Crippen molar-refractivity contribution in [1.82, 2.24) is 4.98 Å². The maximum atomic E-state index is 12.1. The minimum atomic E-state index is -0.0689. The predicted octanol–water partition coefficient (Wildman–Crippen LogP) is 0.600. The molecule has 76 valence electrons. The van der Waals surface area contributed by atoms with Gasteiger partial charge in [0.05, 0.1) is 5.39 Å². The number of rotatable bonds is 0. The highest BCUT2D eigenvalue weighted by Crippen LogP contribution is 2.15. The first-order valence-electron chi connectivity index (χ1n) is 5.04. The number of fused-ring (bicyclic) bond motifs is 2. The van der Waals surface area contributed by atoms with Crippen molar-refractivity contribution in [2.45, 2.75) is 0 Å². The molecule has 0 saturated carbocycles. The smallest absolute Gasteiger partial charge is 0.218 e. The van der Waals surface area contributed by atoms with Gasteiger partial charge in [0.25, 0.3) is 0 Å². The van der Waals surface area contributed by atoms with Crippen LogP contribution in [0.2, 0.25) is 0 Å². The summed E-state index contributed by atoms with van der Waals surface area (Å²) in [4.78, 5) is 16.2. The zero-order valence-electron chi connectivity index (χ0n) is 8.73. The molecule has 1 aromatic carbocycles. The van der Waals surface area contributed by atoms with E-state index >= 15 is 0 Å². The Kier molecular flexibility index (Phi) is 1.83. The van der Waals surface area contributed by atoms with E-state index in [1.54, 1.807) is 18.3 Å². The number of pyridine rings is 1. The molecule has 0 atom stereocenters. The second kappa shape index (κ2) is 3.20. The molecule has 0 spiro atoms. The van der Waals surface area contributed by atoms with E-state index in [-0.39, 0.29) is 5.43 Å². The maximum Gasteiger partial charge on any atom is 0.218 e. The highest BCUT2D eigenvalue weighted by molar-refractivity contribution is 6.33. The lowest BCUT2D eigenvalue weighted by Crippen LogP contribution is -2.08. The lowest BCUT2D eigenvalue weighted by Gasteiger charge is -2.00. The molecule has 0 fully saturated rings. The van der Waals surface area contributed by atoms with E-state index in [2.05, 4.69) is 4.98 Å². The number of nitrogens with zero attached hydrogens (tertiary/aromatic N) is 1. The van der Waals surface area contributed by atoms with Crippen molar-refractivity contribution >= 4 is 35.4 Å². The van der Waals surface area contributed by atoms with Crippen molar-refractivity contribution in [3.63, 3.8) is 0 Å². The lowest BCUT2D eigenvalue weighted by atomic mass is 9.95. The van der Waals surface area contributed by atoms with E-state index in [0.29, 0.717) is 22.1 Å². The van der Waals surface area contributed by atoms with Crippen LogP contribution in [0.3, 0.4) is 0 Å². The monoisotopic (exact) mass is 209 g/mol. The molecule has 0 unspecified atom stereocenters. The van der Waals surface area contributed by atoms with Gasteiger partial charge in [0.1, 0.15) is 13.4 Å². The molecule has 2 heterocycles. The summed E-state index contributed by atoms with van der Waals surface area (Å²) in [7, 11) is 1.95. The van der Waals surface area contributed by atoms with Crippen molar-refractivity contribution in [3.05, 3.63) is 46.8 Å². The summed E-state index contributed by atoms with van der Waals surface area (Å²) in [5, 5.41) is 0.589. The maximum absolute atomic E-state index is 12.1. The molecule has 0 aliphatic carbocycles. The fourth-order valence-electron chi connectivity index (χ4n) is 1.80. The average molecular weight is 209 g/mol. The molecular formula is C12H8BNO2. The van der Waals surface area contributed by atoms with Gasteiger partial charge in [-0.15, -0.1) is 0 Å². The average Bonchev–Trinajstić information content (AvgIpc) is 2.31. The van der Waals surface area contributed by atoms with Gasteiger partial charge in [-0.2, -0.15) is 0 Å². The summed E-state index contributed by atoms with van der Waals surface area (Å²) in [6.45, 7) is 0. The fourth-order valence-corrected chi connectivity index (χ4v) is 1.80. The van der Waals surface area contributed by atoms with Crippen LogP contribution < -0.4 is 10.9 Å². The zero-order chi connectivity index (χ0) is 11.1. The number of aromatic nitrogens is 1. The fraction of sp³-hybridized carbons (Fsp3) is 0. The summed E-state index contributed by atoms with van der Waals surface area (Å²) >= 11 is 0. The van der Waals surface area contributed by atoms with Crippen molar-refractivity contribution in [1.29, 1.82) is 0 Å². The van der Waals surface area contributed by atoms with Gasteiger partial charge in [-0.05, 0) is 18.2 Å². The van der Waals surface area contributed by atoms with Crippen LogP contribution in [-0.4, -0.2) is 12.8 Å². The van der Waals surface area contributed by atoms with Crippen LogP contribution in [0.1, 0.15) is 0 Å². The number of benzene rings is 1. The van der Waals surface area contributed by atoms with Gasteiger partial charge < -0.3 is 4.42 Å². The molecule has 0 aliphatic heterocycles. The number of hydrogen-bond acceptors (Lipinski definition) is 3. The van der Waals surface area contributed by atoms with Crippen LogP contribution >= 0.6 is 0 Å². The third-order valence-electron chi connectivity index (χ3n) is 2.59. The summed E-state index contributed by atoms with van der Waals surface area (Å²) in [6.07, 6.45) is 1.60. The minimum absolute atomic E-state index is 0.0689. The van der Waals surface area contributed by atoms with E-state index in [9.17, 15) is 4.79 Å². The first-order valence-corrected chi connectivity index (χ1v) is 5.04. The third-order valence-corrected chi connectivity index (χ3v) is 2.59. The van der Waals surface area contributed by atoms with E-state index in [0.717, 1.165) is 5.46 Å². The van der Waals surface area contributed by atoms with Gasteiger partial charge in [-0.3, -0.25) is 4.79 Å². The van der Waals surface area contributed by atoms with Crippen molar-refractivity contribution in [2.24, 2.45) is 0 Å². The second-order valence-corrected chi connectivity index (χ2v) is 3.78. The zero-order valence-corrected chi connectivity index (χ0v) is 8.73. The molecular weight excluding hydrogens is 201 g/mol. The summed E-state index contributed by atoms with van der Waals surface area (Å²) in [6, 6.07) is 9.08. The molecule has 0 amide bonds. The lowest BCUT2D eigenvalue weighted by molar-refractivity contribution is 0.658. The van der Waals surface area contributed by atoms with Crippen LogP contribution in [0.15, 0.2) is 45.7 Å². The van der Waals surface area contributed by atoms with Gasteiger partial charge in [0.15, 0.2) is 11.1 Å². The second-order valence-electron chi connectivity index (χ2n) is 3.78. The van der Waals surface area contributed by atoms with Crippen molar-refractivity contribution in [2.75, 3.05) is 0 Å². The summed E-state index contributed by atoms with van der Waals surface area (Å²) < 4.78 is 5.62. The Bertz CT molecular complexity index is 749. The topological polar surface area (TPSA) is 43.1 Å². The molecule has 3 nitrogen and oxygen atoms in total. The Balaban J connectivity index is 2.61. The van der Waals surface area contributed by atoms with E-state index in [1.807, 2.05) is 26.0 Å². The van der Waals surface area contributed by atoms with E-state index in [1.165, 1.54) is 0 Å². The quantitative estimate of drug-likeness (QED) is 0.402. The van der Waals surface area contributed by atoms with Crippen molar-refractivity contribution < 1.29 is 4.42 Å². The van der Waals surface area contributed by atoms with Crippen LogP contribution in [0.4, 0.5) is 0 Å². The van der Waals surface area contributed by atoms with Crippen LogP contribution in [0.25, 0.3) is 22.1 Å². The standard InChI is InChI=1S/C12H8BNO2/c13-7-3-4-9-8(6-7)12(15)11-10(16-9)2-1-5-14-11/h1-6H,13H2. The molecule has 0 radical (unpaired) electrons. The summed E-state index contributed by atoms with van der Waals surface area (Å²) in [5.74, 6) is 0. The van der Waals surface area contributed by atoms with Gasteiger partial charge in [-0.1, -0.05) is 17.6 Å². The summed E-state index contributed by atoms with van der Waals surface area (Å²) in [5.41, 5.74) is 2.50. The molecule has 3 rings (SSSR count). The molecule has 16 heavy (non-hydrogen) atoms. The van der Waals surface area contributed by atoms with Crippen molar-refractivity contribution in [3.8, 4) is 0 Å². The van der Waals surface area contributed by atoms with Gasteiger partial charge in [0.2, 0.25) is 5.43 Å². The Hall–Kier alpha value is -2.10. The molecule has 0 N–H and O–H groups in total. The Morgan fingerprint density at radius 1 is 1.19 bits per heavy atom. The highest BCUT2D eigenvalue weighted by Gasteiger charge is 2.07.